The maximum atomic E-state index is 2.42. The zero-order valence-electron chi connectivity index (χ0n) is 9.17. The van der Waals surface area contributed by atoms with Crippen LogP contribution in [-0.2, 0) is 0 Å². The normalized spacial score (nSPS) is 16.4. The lowest BCUT2D eigenvalue weighted by Gasteiger charge is -2.23. The van der Waals surface area contributed by atoms with Gasteiger partial charge in [-0.1, -0.05) is 12.1 Å². The fourth-order valence-electron chi connectivity index (χ4n) is 1.75. The summed E-state index contributed by atoms with van der Waals surface area (Å²) in [5.41, 5.74) is 4.13. The molecule has 0 saturated carbocycles. The minimum Gasteiger partial charge on any atom is -0.333 e. The number of halogens is 1. The molecule has 80 valence electrons. The first kappa shape index (κ1) is 11.3. The summed E-state index contributed by atoms with van der Waals surface area (Å²) in [4.78, 5) is 3.85. The Morgan fingerprint density at radius 3 is 2.53 bits per heavy atom. The maximum Gasteiger partial charge on any atom is 0.0729 e. The van der Waals surface area contributed by atoms with Crippen LogP contribution in [0.1, 0.15) is 19.4 Å². The number of hydrogen-bond donors (Lipinski definition) is 0. The molecular formula is C12H14INS. The lowest BCUT2D eigenvalue weighted by Crippen LogP contribution is -2.18. The summed E-state index contributed by atoms with van der Waals surface area (Å²) < 4.78 is 1.34. The van der Waals surface area contributed by atoms with Crippen molar-refractivity contribution >= 4 is 40.0 Å². The molecule has 1 aromatic rings. The van der Waals surface area contributed by atoms with E-state index in [4.69, 9.17) is 0 Å². The number of hydrogen-bond acceptors (Lipinski definition) is 2. The van der Waals surface area contributed by atoms with Crippen LogP contribution in [0.15, 0.2) is 28.8 Å². The Balaban J connectivity index is 2.47. The molecule has 2 rings (SSSR count). The zero-order chi connectivity index (χ0) is 11.0. The molecule has 0 unspecified atom stereocenters. The standard InChI is InChI=1S/C12H14INS/c1-8-5-4-6-11(13)12(8)14-7-15-10(3)9(14)2/h4-6H,7H2,1-3H3. The fraction of sp³-hybridized carbons (Fsp3) is 0.333. The number of anilines is 1. The summed E-state index contributed by atoms with van der Waals surface area (Å²) in [6.07, 6.45) is 0. The largest absolute Gasteiger partial charge is 0.333 e. The van der Waals surface area contributed by atoms with Gasteiger partial charge in [0.2, 0.25) is 0 Å². The Bertz CT molecular complexity index is 405. The van der Waals surface area contributed by atoms with Crippen molar-refractivity contribution in [2.24, 2.45) is 0 Å². The minimum atomic E-state index is 1.05. The highest BCUT2D eigenvalue weighted by molar-refractivity contribution is 14.1. The molecule has 1 heterocycles. The summed E-state index contributed by atoms with van der Waals surface area (Å²) in [6.45, 7) is 6.59. The van der Waals surface area contributed by atoms with Crippen LogP contribution in [-0.4, -0.2) is 5.88 Å². The molecule has 0 amide bonds. The quantitative estimate of drug-likeness (QED) is 0.704. The highest BCUT2D eigenvalue weighted by atomic mass is 127. The molecule has 0 saturated heterocycles. The van der Waals surface area contributed by atoms with Crippen LogP contribution >= 0.6 is 34.4 Å². The van der Waals surface area contributed by atoms with Crippen molar-refractivity contribution in [3.8, 4) is 0 Å². The Labute approximate surface area is 109 Å². The summed E-state index contributed by atoms with van der Waals surface area (Å²) in [5, 5.41) is 0. The number of rotatable bonds is 1. The maximum absolute atomic E-state index is 2.42. The minimum absolute atomic E-state index is 1.05. The third kappa shape index (κ3) is 2.04. The third-order valence-corrected chi connectivity index (χ3v) is 4.77. The smallest absolute Gasteiger partial charge is 0.0729 e. The molecule has 0 N–H and O–H groups in total. The molecule has 15 heavy (non-hydrogen) atoms. The van der Waals surface area contributed by atoms with Crippen LogP contribution in [0.5, 0.6) is 0 Å². The van der Waals surface area contributed by atoms with E-state index in [1.54, 1.807) is 0 Å². The van der Waals surface area contributed by atoms with Gasteiger partial charge >= 0.3 is 0 Å². The summed E-state index contributed by atoms with van der Waals surface area (Å²) >= 11 is 4.35. The lowest BCUT2D eigenvalue weighted by atomic mass is 10.2. The summed E-state index contributed by atoms with van der Waals surface area (Å²) in [5.74, 6) is 1.05. The van der Waals surface area contributed by atoms with Crippen molar-refractivity contribution in [1.82, 2.24) is 0 Å². The van der Waals surface area contributed by atoms with E-state index < -0.39 is 0 Å². The number of allylic oxidation sites excluding steroid dienone is 2. The monoisotopic (exact) mass is 331 g/mol. The Morgan fingerprint density at radius 2 is 2.00 bits per heavy atom. The average molecular weight is 331 g/mol. The van der Waals surface area contributed by atoms with E-state index >= 15 is 0 Å². The first-order valence-corrected chi connectivity index (χ1v) is 7.00. The Kier molecular flexibility index (Phi) is 3.30. The molecule has 1 nitrogen and oxygen atoms in total. The van der Waals surface area contributed by atoms with E-state index in [0.29, 0.717) is 0 Å². The zero-order valence-corrected chi connectivity index (χ0v) is 12.1. The molecule has 0 bridgehead atoms. The molecule has 0 atom stereocenters. The van der Waals surface area contributed by atoms with E-state index in [1.165, 1.54) is 25.4 Å². The molecule has 1 aromatic carbocycles. The number of thioether (sulfide) groups is 1. The van der Waals surface area contributed by atoms with Crippen molar-refractivity contribution in [3.05, 3.63) is 37.9 Å². The van der Waals surface area contributed by atoms with E-state index in [0.717, 1.165) is 5.88 Å². The van der Waals surface area contributed by atoms with Gasteiger partial charge in [-0.3, -0.25) is 0 Å². The van der Waals surface area contributed by atoms with Gasteiger partial charge in [0, 0.05) is 14.2 Å². The Morgan fingerprint density at radius 1 is 1.27 bits per heavy atom. The molecule has 1 aliphatic heterocycles. The van der Waals surface area contributed by atoms with Crippen molar-refractivity contribution in [3.63, 3.8) is 0 Å². The van der Waals surface area contributed by atoms with Gasteiger partial charge in [0.1, 0.15) is 0 Å². The number of para-hydroxylation sites is 1. The average Bonchev–Trinajstić information content (AvgIpc) is 2.49. The van der Waals surface area contributed by atoms with Gasteiger partial charge in [0.15, 0.2) is 0 Å². The van der Waals surface area contributed by atoms with Crippen molar-refractivity contribution in [2.75, 3.05) is 10.8 Å². The van der Waals surface area contributed by atoms with E-state index in [2.05, 4.69) is 66.5 Å². The molecule has 0 spiro atoms. The van der Waals surface area contributed by atoms with Gasteiger partial charge in [0.25, 0.3) is 0 Å². The highest BCUT2D eigenvalue weighted by Gasteiger charge is 2.21. The Hall–Kier alpha value is -0.160. The number of benzene rings is 1. The van der Waals surface area contributed by atoms with Gasteiger partial charge in [-0.15, -0.1) is 11.8 Å². The second-order valence-corrected chi connectivity index (χ2v) is 6.07. The molecular weight excluding hydrogens is 317 g/mol. The summed E-state index contributed by atoms with van der Waals surface area (Å²) in [6, 6.07) is 6.48. The van der Waals surface area contributed by atoms with Crippen LogP contribution < -0.4 is 4.90 Å². The topological polar surface area (TPSA) is 3.24 Å². The SMILES string of the molecule is CC1=C(C)N(c2c(C)cccc2I)CS1. The van der Waals surface area contributed by atoms with Crippen LogP contribution in [0.25, 0.3) is 0 Å². The second-order valence-electron chi connectivity index (χ2n) is 3.75. The van der Waals surface area contributed by atoms with Crippen LogP contribution in [0.3, 0.4) is 0 Å². The molecule has 1 aliphatic rings. The van der Waals surface area contributed by atoms with Gasteiger partial charge in [0.05, 0.1) is 11.6 Å². The first-order valence-electron chi connectivity index (χ1n) is 4.94. The van der Waals surface area contributed by atoms with Gasteiger partial charge in [-0.2, -0.15) is 0 Å². The van der Waals surface area contributed by atoms with Crippen LogP contribution in [0.4, 0.5) is 5.69 Å². The predicted octanol–water partition coefficient (Wildman–Crippen LogP) is 4.36. The highest BCUT2D eigenvalue weighted by Crippen LogP contribution is 2.38. The van der Waals surface area contributed by atoms with Gasteiger partial charge < -0.3 is 4.90 Å². The molecule has 0 aromatic heterocycles. The van der Waals surface area contributed by atoms with E-state index in [-0.39, 0.29) is 0 Å². The molecule has 3 heteroatoms. The van der Waals surface area contributed by atoms with Crippen molar-refractivity contribution < 1.29 is 0 Å². The van der Waals surface area contributed by atoms with E-state index in [9.17, 15) is 0 Å². The lowest BCUT2D eigenvalue weighted by molar-refractivity contribution is 1.06. The van der Waals surface area contributed by atoms with Crippen LogP contribution in [0, 0.1) is 10.5 Å². The molecule has 0 fully saturated rings. The predicted molar refractivity (Wildman–Crippen MR) is 77.2 cm³/mol. The van der Waals surface area contributed by atoms with Gasteiger partial charge in [-0.25, -0.2) is 0 Å². The number of nitrogens with zero attached hydrogens (tertiary/aromatic N) is 1. The number of aryl methyl sites for hydroxylation is 1. The van der Waals surface area contributed by atoms with Gasteiger partial charge in [-0.05, 0) is 55.0 Å². The van der Waals surface area contributed by atoms with Crippen molar-refractivity contribution in [1.29, 1.82) is 0 Å². The summed E-state index contributed by atoms with van der Waals surface area (Å²) in [7, 11) is 0. The molecule has 0 radical (unpaired) electrons. The van der Waals surface area contributed by atoms with Crippen molar-refractivity contribution in [2.45, 2.75) is 20.8 Å². The first-order chi connectivity index (χ1) is 7.11. The third-order valence-electron chi connectivity index (χ3n) is 2.78. The molecule has 0 aliphatic carbocycles. The fourth-order valence-corrected chi connectivity index (χ4v) is 3.64. The van der Waals surface area contributed by atoms with E-state index in [1.807, 2.05) is 11.8 Å². The second kappa shape index (κ2) is 4.37. The van der Waals surface area contributed by atoms with Crippen LogP contribution in [0.2, 0.25) is 0 Å².